The van der Waals surface area contributed by atoms with Crippen molar-refractivity contribution in [3.8, 4) is 0 Å². The van der Waals surface area contributed by atoms with Crippen LogP contribution in [0.5, 0.6) is 0 Å². The van der Waals surface area contributed by atoms with Gasteiger partial charge in [0, 0.05) is 24.7 Å². The highest BCUT2D eigenvalue weighted by Gasteiger charge is 2.32. The first-order valence-electron chi connectivity index (χ1n) is 6.02. The van der Waals surface area contributed by atoms with Crippen molar-refractivity contribution in [3.05, 3.63) is 34.4 Å². The predicted octanol–water partition coefficient (Wildman–Crippen LogP) is -0.312. The summed E-state index contributed by atoms with van der Waals surface area (Å²) >= 11 is 0. The van der Waals surface area contributed by atoms with Crippen molar-refractivity contribution in [2.24, 2.45) is 0 Å². The lowest BCUT2D eigenvalue weighted by molar-refractivity contribution is -0.384. The van der Waals surface area contributed by atoms with Gasteiger partial charge in [0.15, 0.2) is 0 Å². The maximum Gasteiger partial charge on any atom is 0.320 e. The minimum absolute atomic E-state index is 0.105. The Morgan fingerprint density at radius 1 is 1.38 bits per heavy atom. The summed E-state index contributed by atoms with van der Waals surface area (Å²) < 4.78 is 26.6. The van der Waals surface area contributed by atoms with Crippen molar-refractivity contribution in [2.75, 3.05) is 6.54 Å². The van der Waals surface area contributed by atoms with Crippen molar-refractivity contribution in [1.82, 2.24) is 10.0 Å². The highest BCUT2D eigenvalue weighted by Crippen LogP contribution is 2.17. The van der Waals surface area contributed by atoms with E-state index in [2.05, 4.69) is 10.0 Å². The predicted molar refractivity (Wildman–Crippen MR) is 71.2 cm³/mol. The zero-order valence-corrected chi connectivity index (χ0v) is 11.5. The summed E-state index contributed by atoms with van der Waals surface area (Å²) in [6, 6.07) is 3.15. The van der Waals surface area contributed by atoms with Gasteiger partial charge in [-0.15, -0.1) is 0 Å². The Bertz CT molecular complexity index is 657. The van der Waals surface area contributed by atoms with Gasteiger partial charge in [-0.25, -0.2) is 13.1 Å². The molecule has 2 unspecified atom stereocenters. The van der Waals surface area contributed by atoms with Crippen LogP contribution in [0.25, 0.3) is 0 Å². The van der Waals surface area contributed by atoms with E-state index in [0.717, 1.165) is 24.3 Å². The van der Waals surface area contributed by atoms with Crippen molar-refractivity contribution < 1.29 is 23.2 Å². The number of benzene rings is 1. The third-order valence-electron chi connectivity index (χ3n) is 3.11. The molecule has 1 aromatic rings. The summed E-state index contributed by atoms with van der Waals surface area (Å²) in [6.07, 6.45) is 0.140. The van der Waals surface area contributed by atoms with Gasteiger partial charge < -0.3 is 10.4 Å². The number of hydrogen-bond acceptors (Lipinski definition) is 6. The third kappa shape index (κ3) is 3.54. The second kappa shape index (κ2) is 5.76. The first kappa shape index (κ1) is 15.4. The molecule has 3 N–H and O–H groups in total. The second-order valence-electron chi connectivity index (χ2n) is 4.60. The Morgan fingerprint density at radius 2 is 2.00 bits per heavy atom. The van der Waals surface area contributed by atoms with Crippen molar-refractivity contribution in [1.29, 1.82) is 0 Å². The zero-order chi connectivity index (χ0) is 15.6. The molecular formula is C11H13N3O6S. The van der Waals surface area contributed by atoms with Crippen LogP contribution < -0.4 is 10.0 Å². The number of sulfonamides is 1. The SMILES string of the molecule is O=C(O)C1CC(NS(=O)(=O)c2ccc([N+](=O)[O-])cc2)CN1. The van der Waals surface area contributed by atoms with Crippen LogP contribution in [0.2, 0.25) is 0 Å². The molecule has 0 amide bonds. The number of nitrogens with one attached hydrogen (secondary N) is 2. The van der Waals surface area contributed by atoms with Crippen LogP contribution >= 0.6 is 0 Å². The zero-order valence-electron chi connectivity index (χ0n) is 10.7. The van der Waals surface area contributed by atoms with Gasteiger partial charge in [-0.05, 0) is 18.6 Å². The van der Waals surface area contributed by atoms with Gasteiger partial charge in [0.2, 0.25) is 10.0 Å². The van der Waals surface area contributed by atoms with E-state index in [0.29, 0.717) is 0 Å². The lowest BCUT2D eigenvalue weighted by Crippen LogP contribution is -2.36. The molecule has 1 fully saturated rings. The van der Waals surface area contributed by atoms with E-state index in [1.54, 1.807) is 0 Å². The Morgan fingerprint density at radius 3 is 2.48 bits per heavy atom. The molecule has 2 rings (SSSR count). The molecule has 0 spiro atoms. The van der Waals surface area contributed by atoms with Crippen LogP contribution in [-0.4, -0.2) is 43.0 Å². The van der Waals surface area contributed by atoms with E-state index >= 15 is 0 Å². The van der Waals surface area contributed by atoms with Gasteiger partial charge >= 0.3 is 5.97 Å². The molecular weight excluding hydrogens is 302 g/mol. The number of aliphatic carboxylic acids is 1. The van der Waals surface area contributed by atoms with Crippen LogP contribution in [-0.2, 0) is 14.8 Å². The van der Waals surface area contributed by atoms with Gasteiger partial charge in [-0.3, -0.25) is 14.9 Å². The highest BCUT2D eigenvalue weighted by molar-refractivity contribution is 7.89. The molecule has 2 atom stereocenters. The maximum atomic E-state index is 12.1. The quantitative estimate of drug-likeness (QED) is 0.500. The number of carboxylic acid groups (broad SMARTS) is 1. The number of rotatable bonds is 5. The van der Waals surface area contributed by atoms with Crippen LogP contribution in [0.15, 0.2) is 29.2 Å². The largest absolute Gasteiger partial charge is 0.480 e. The molecule has 10 heteroatoms. The van der Waals surface area contributed by atoms with Crippen molar-refractivity contribution >= 4 is 21.7 Å². The monoisotopic (exact) mass is 315 g/mol. The number of nitro groups is 1. The van der Waals surface area contributed by atoms with Gasteiger partial charge in [-0.2, -0.15) is 0 Å². The fourth-order valence-corrected chi connectivity index (χ4v) is 3.30. The molecule has 21 heavy (non-hydrogen) atoms. The fourth-order valence-electron chi connectivity index (χ4n) is 2.05. The molecule has 0 bridgehead atoms. The summed E-state index contributed by atoms with van der Waals surface area (Å²) in [4.78, 5) is 20.6. The average Bonchev–Trinajstić information content (AvgIpc) is 2.87. The number of nitrogens with zero attached hydrogens (tertiary/aromatic N) is 1. The summed E-state index contributed by atoms with van der Waals surface area (Å²) in [5, 5.41) is 22.0. The molecule has 0 radical (unpaired) electrons. The first-order chi connectivity index (χ1) is 9.79. The molecule has 1 aliphatic rings. The first-order valence-corrected chi connectivity index (χ1v) is 7.51. The number of carbonyl (C=O) groups is 1. The maximum absolute atomic E-state index is 12.1. The van der Waals surface area contributed by atoms with Crippen LogP contribution in [0, 0.1) is 10.1 Å². The number of hydrogen-bond donors (Lipinski definition) is 3. The van der Waals surface area contributed by atoms with Gasteiger partial charge in [0.05, 0.1) is 9.82 Å². The molecule has 0 aliphatic carbocycles. The number of nitro benzene ring substituents is 1. The summed E-state index contributed by atoms with van der Waals surface area (Å²) in [7, 11) is -3.84. The normalized spacial score (nSPS) is 22.1. The van der Waals surface area contributed by atoms with E-state index in [9.17, 15) is 23.3 Å². The third-order valence-corrected chi connectivity index (χ3v) is 4.65. The van der Waals surface area contributed by atoms with Crippen LogP contribution in [0.1, 0.15) is 6.42 Å². The van der Waals surface area contributed by atoms with E-state index in [1.165, 1.54) is 0 Å². The van der Waals surface area contributed by atoms with E-state index in [1.807, 2.05) is 0 Å². The van der Waals surface area contributed by atoms with Gasteiger partial charge in [0.25, 0.3) is 5.69 Å². The average molecular weight is 315 g/mol. The highest BCUT2D eigenvalue weighted by atomic mass is 32.2. The van der Waals surface area contributed by atoms with Crippen LogP contribution in [0.4, 0.5) is 5.69 Å². The van der Waals surface area contributed by atoms with E-state index < -0.39 is 33.0 Å². The Balaban J connectivity index is 2.08. The topological polar surface area (TPSA) is 139 Å². The van der Waals surface area contributed by atoms with Crippen molar-refractivity contribution in [3.63, 3.8) is 0 Å². The molecule has 114 valence electrons. The smallest absolute Gasteiger partial charge is 0.320 e. The fraction of sp³-hybridized carbons (Fsp3) is 0.364. The molecule has 1 heterocycles. The Labute approximate surface area is 120 Å². The standard InChI is InChI=1S/C11H13N3O6S/c15-11(16)10-5-7(6-12-10)13-21(19,20)9-3-1-8(2-4-9)14(17)18/h1-4,7,10,12-13H,5-6H2,(H,15,16). The molecule has 1 saturated heterocycles. The number of non-ortho nitro benzene ring substituents is 1. The van der Waals surface area contributed by atoms with Gasteiger partial charge in [-0.1, -0.05) is 0 Å². The van der Waals surface area contributed by atoms with E-state index in [-0.39, 0.29) is 23.5 Å². The van der Waals surface area contributed by atoms with Gasteiger partial charge in [0.1, 0.15) is 6.04 Å². The minimum Gasteiger partial charge on any atom is -0.480 e. The van der Waals surface area contributed by atoms with Crippen LogP contribution in [0.3, 0.4) is 0 Å². The Kier molecular flexibility index (Phi) is 4.21. The Hall–Kier alpha value is -2.04. The molecule has 0 aromatic heterocycles. The lowest BCUT2D eigenvalue weighted by atomic mass is 10.2. The van der Waals surface area contributed by atoms with Crippen molar-refractivity contribution in [2.45, 2.75) is 23.4 Å². The molecule has 1 aromatic carbocycles. The molecule has 0 saturated carbocycles. The second-order valence-corrected chi connectivity index (χ2v) is 6.32. The summed E-state index contributed by atoms with van der Waals surface area (Å²) in [5.41, 5.74) is -0.206. The lowest BCUT2D eigenvalue weighted by Gasteiger charge is -2.12. The number of carboxylic acids is 1. The summed E-state index contributed by atoms with van der Waals surface area (Å²) in [5.74, 6) is -1.04. The van der Waals surface area contributed by atoms with E-state index in [4.69, 9.17) is 5.11 Å². The molecule has 9 nitrogen and oxygen atoms in total. The minimum atomic E-state index is -3.84. The molecule has 1 aliphatic heterocycles. The summed E-state index contributed by atoms with van der Waals surface area (Å²) in [6.45, 7) is 0.211.